The van der Waals surface area contributed by atoms with E-state index < -0.39 is 41.8 Å². The van der Waals surface area contributed by atoms with Crippen LogP contribution in [-0.2, 0) is 36.8 Å². The maximum absolute atomic E-state index is 13.4. The summed E-state index contributed by atoms with van der Waals surface area (Å²) < 4.78 is 4.85. The first-order valence-electron chi connectivity index (χ1n) is 13.3. The number of esters is 1. The number of carbonyl (C=O) groups is 4. The number of aliphatic imine (C=N–C) groups is 1. The number of guanidine groups is 1. The van der Waals surface area contributed by atoms with Crippen molar-refractivity contribution in [2.75, 3.05) is 19.7 Å². The number of ether oxygens (including phenoxy) is 1. The molecule has 0 aliphatic carbocycles. The Bertz CT molecular complexity index is 1170. The third kappa shape index (κ3) is 12.4. The van der Waals surface area contributed by atoms with Crippen LogP contribution in [0.4, 0.5) is 0 Å². The second kappa shape index (κ2) is 17.1. The number of nitrogens with two attached hydrogens (primary N) is 3. The number of amides is 3. The Labute approximate surface area is 238 Å². The van der Waals surface area contributed by atoms with Crippen LogP contribution in [0.1, 0.15) is 30.9 Å². The number of hydrogen-bond acceptors (Lipinski definition) is 8. The summed E-state index contributed by atoms with van der Waals surface area (Å²) in [4.78, 5) is 55.0. The molecule has 2 aromatic rings. The molecule has 13 heteroatoms. The molecule has 222 valence electrons. The normalized spacial score (nSPS) is 12.7. The van der Waals surface area contributed by atoms with Crippen molar-refractivity contribution in [2.24, 2.45) is 22.2 Å². The lowest BCUT2D eigenvalue weighted by molar-refractivity contribution is -0.143. The summed E-state index contributed by atoms with van der Waals surface area (Å²) in [7, 11) is 0. The van der Waals surface area contributed by atoms with Gasteiger partial charge in [0, 0.05) is 13.0 Å². The fourth-order valence-corrected chi connectivity index (χ4v) is 3.86. The Balaban J connectivity index is 2.16. The van der Waals surface area contributed by atoms with Gasteiger partial charge in [0.2, 0.25) is 17.7 Å². The zero-order valence-electron chi connectivity index (χ0n) is 23.0. The van der Waals surface area contributed by atoms with E-state index in [1.165, 1.54) is 12.1 Å². The molecule has 2 rings (SSSR count). The number of aromatic hydroxyl groups is 1. The minimum absolute atomic E-state index is 0.0839. The highest BCUT2D eigenvalue weighted by atomic mass is 16.5. The SMILES string of the molecule is CCOC(=O)CNC(=O)[C@H](Cc1ccccc1)NC(=O)[C@@H](CCCN=C(N)N)NC(=O)[C@@H](N)Cc1ccc(O)cc1. The van der Waals surface area contributed by atoms with Crippen LogP contribution in [0.3, 0.4) is 0 Å². The molecule has 2 aromatic carbocycles. The number of benzene rings is 2. The van der Waals surface area contributed by atoms with Crippen LogP contribution in [0, 0.1) is 0 Å². The van der Waals surface area contributed by atoms with Gasteiger partial charge in [0.25, 0.3) is 0 Å². The molecule has 13 nitrogen and oxygen atoms in total. The van der Waals surface area contributed by atoms with E-state index >= 15 is 0 Å². The standard InChI is InChI=1S/C28H39N7O6/c1-2-41-24(37)17-33-26(39)23(16-18-7-4-3-5-8-18)35-27(40)22(9-6-14-32-28(30)31)34-25(38)21(29)15-19-10-12-20(36)13-11-19/h3-5,7-8,10-13,21-23,36H,2,6,9,14-17,29H2,1H3,(H,33,39)(H,34,38)(H,35,40)(H4,30,31,32)/t21-,22+,23-/m0/s1. The van der Waals surface area contributed by atoms with Gasteiger partial charge >= 0.3 is 5.97 Å². The third-order valence-electron chi connectivity index (χ3n) is 5.93. The van der Waals surface area contributed by atoms with Crippen LogP contribution in [-0.4, -0.2) is 72.6 Å². The Morgan fingerprint density at radius 2 is 1.51 bits per heavy atom. The molecule has 3 amide bonds. The molecule has 0 saturated carbocycles. The van der Waals surface area contributed by atoms with Gasteiger partial charge in [0.15, 0.2) is 5.96 Å². The topological polar surface area (TPSA) is 224 Å². The van der Waals surface area contributed by atoms with Gasteiger partial charge in [0.1, 0.15) is 24.4 Å². The van der Waals surface area contributed by atoms with Crippen molar-refractivity contribution in [2.45, 2.75) is 50.7 Å². The molecule has 0 bridgehead atoms. The number of nitrogens with zero attached hydrogens (tertiary/aromatic N) is 1. The fraction of sp³-hybridized carbons (Fsp3) is 0.393. The van der Waals surface area contributed by atoms with E-state index in [1.54, 1.807) is 43.3 Å². The summed E-state index contributed by atoms with van der Waals surface area (Å²) in [5.41, 5.74) is 18.4. The van der Waals surface area contributed by atoms with E-state index in [2.05, 4.69) is 20.9 Å². The highest BCUT2D eigenvalue weighted by Gasteiger charge is 2.28. The predicted molar refractivity (Wildman–Crippen MR) is 153 cm³/mol. The molecule has 0 heterocycles. The van der Waals surface area contributed by atoms with Gasteiger partial charge in [-0.25, -0.2) is 0 Å². The van der Waals surface area contributed by atoms with Crippen molar-refractivity contribution in [1.29, 1.82) is 0 Å². The summed E-state index contributed by atoms with van der Waals surface area (Å²) >= 11 is 0. The molecule has 3 atom stereocenters. The second-order valence-corrected chi connectivity index (χ2v) is 9.26. The predicted octanol–water partition coefficient (Wildman–Crippen LogP) is -0.793. The fourth-order valence-electron chi connectivity index (χ4n) is 3.86. The first kappa shape index (κ1) is 32.6. The number of nitrogens with one attached hydrogen (secondary N) is 3. The Hall–Kier alpha value is -4.65. The summed E-state index contributed by atoms with van der Waals surface area (Å²) in [6.45, 7) is 1.67. The molecule has 0 aliphatic heterocycles. The Kier molecular flexibility index (Phi) is 13.6. The lowest BCUT2D eigenvalue weighted by Crippen LogP contribution is -2.56. The Morgan fingerprint density at radius 3 is 2.15 bits per heavy atom. The van der Waals surface area contributed by atoms with E-state index in [-0.39, 0.29) is 50.7 Å². The molecule has 0 spiro atoms. The highest BCUT2D eigenvalue weighted by molar-refractivity contribution is 5.94. The molecule has 41 heavy (non-hydrogen) atoms. The van der Waals surface area contributed by atoms with Crippen molar-refractivity contribution in [3.05, 3.63) is 65.7 Å². The van der Waals surface area contributed by atoms with Crippen molar-refractivity contribution in [3.8, 4) is 5.75 Å². The average Bonchev–Trinajstić information content (AvgIpc) is 2.94. The van der Waals surface area contributed by atoms with Gasteiger partial charge in [-0.3, -0.25) is 24.2 Å². The number of carbonyl (C=O) groups excluding carboxylic acids is 4. The second-order valence-electron chi connectivity index (χ2n) is 9.26. The third-order valence-corrected chi connectivity index (χ3v) is 5.93. The number of phenols is 1. The van der Waals surface area contributed by atoms with Crippen LogP contribution < -0.4 is 33.2 Å². The highest BCUT2D eigenvalue weighted by Crippen LogP contribution is 2.11. The first-order chi connectivity index (χ1) is 19.6. The van der Waals surface area contributed by atoms with Gasteiger partial charge in [-0.1, -0.05) is 42.5 Å². The quantitative estimate of drug-likeness (QED) is 0.0581. The maximum atomic E-state index is 13.4. The molecule has 0 saturated heterocycles. The van der Waals surface area contributed by atoms with Gasteiger partial charge in [-0.05, 0) is 49.4 Å². The molecular weight excluding hydrogens is 530 g/mol. The monoisotopic (exact) mass is 569 g/mol. The first-order valence-corrected chi connectivity index (χ1v) is 13.3. The van der Waals surface area contributed by atoms with Crippen LogP contribution in [0.15, 0.2) is 59.6 Å². The van der Waals surface area contributed by atoms with Gasteiger partial charge in [0.05, 0.1) is 12.6 Å². The minimum atomic E-state index is -1.06. The number of rotatable bonds is 16. The van der Waals surface area contributed by atoms with E-state index in [0.29, 0.717) is 6.42 Å². The molecule has 0 aliphatic rings. The molecule has 10 N–H and O–H groups in total. The number of phenolic OH excluding ortho intramolecular Hbond substituents is 1. The van der Waals surface area contributed by atoms with E-state index in [9.17, 15) is 24.3 Å². The smallest absolute Gasteiger partial charge is 0.325 e. The van der Waals surface area contributed by atoms with Crippen molar-refractivity contribution in [3.63, 3.8) is 0 Å². The van der Waals surface area contributed by atoms with E-state index in [0.717, 1.165) is 11.1 Å². The van der Waals surface area contributed by atoms with Gasteiger partial charge in [-0.15, -0.1) is 0 Å². The van der Waals surface area contributed by atoms with Crippen molar-refractivity contribution < 1.29 is 29.0 Å². The largest absolute Gasteiger partial charge is 0.508 e. The maximum Gasteiger partial charge on any atom is 0.325 e. The summed E-state index contributed by atoms with van der Waals surface area (Å²) in [6, 6.07) is 12.2. The van der Waals surface area contributed by atoms with Crippen molar-refractivity contribution in [1.82, 2.24) is 16.0 Å². The zero-order valence-corrected chi connectivity index (χ0v) is 23.0. The summed E-state index contributed by atoms with van der Waals surface area (Å²) in [5, 5.41) is 17.3. The van der Waals surface area contributed by atoms with Crippen molar-refractivity contribution >= 4 is 29.7 Å². The van der Waals surface area contributed by atoms with Crippen LogP contribution in [0.2, 0.25) is 0 Å². The minimum Gasteiger partial charge on any atom is -0.508 e. The van der Waals surface area contributed by atoms with Gasteiger partial charge in [-0.2, -0.15) is 0 Å². The number of hydrogen-bond donors (Lipinski definition) is 7. The average molecular weight is 570 g/mol. The lowest BCUT2D eigenvalue weighted by Gasteiger charge is -2.24. The van der Waals surface area contributed by atoms with Crippen LogP contribution in [0.5, 0.6) is 5.75 Å². The van der Waals surface area contributed by atoms with Crippen LogP contribution >= 0.6 is 0 Å². The Morgan fingerprint density at radius 1 is 0.878 bits per heavy atom. The zero-order chi connectivity index (χ0) is 30.2. The van der Waals surface area contributed by atoms with Gasteiger partial charge < -0.3 is 43.0 Å². The lowest BCUT2D eigenvalue weighted by atomic mass is 10.0. The summed E-state index contributed by atoms with van der Waals surface area (Å²) in [5.74, 6) is -2.42. The molecule has 0 fully saturated rings. The molecule has 0 radical (unpaired) electrons. The van der Waals surface area contributed by atoms with E-state index in [1.807, 2.05) is 6.07 Å². The van der Waals surface area contributed by atoms with Crippen LogP contribution in [0.25, 0.3) is 0 Å². The molecule has 0 aromatic heterocycles. The molecule has 0 unspecified atom stereocenters. The van der Waals surface area contributed by atoms with E-state index in [4.69, 9.17) is 21.9 Å². The molecular formula is C28H39N7O6. The summed E-state index contributed by atoms with van der Waals surface area (Å²) in [6.07, 6.45) is 0.808.